The zero-order valence-corrected chi connectivity index (χ0v) is 14.3. The van der Waals surface area contributed by atoms with Gasteiger partial charge in [-0.2, -0.15) is 0 Å². The van der Waals surface area contributed by atoms with E-state index in [4.69, 9.17) is 0 Å². The van der Waals surface area contributed by atoms with Gasteiger partial charge in [0, 0.05) is 5.69 Å². The number of hydrogen-bond acceptors (Lipinski definition) is 5. The van der Waals surface area contributed by atoms with Crippen LogP contribution >= 0.6 is 11.3 Å². The highest BCUT2D eigenvalue weighted by Gasteiger charge is 2.28. The van der Waals surface area contributed by atoms with Gasteiger partial charge < -0.3 is 15.5 Å². The van der Waals surface area contributed by atoms with E-state index in [0.717, 1.165) is 24.8 Å². The number of anilines is 1. The third-order valence-electron chi connectivity index (χ3n) is 4.00. The fourth-order valence-corrected chi connectivity index (χ4v) is 3.41. The molecule has 6 heteroatoms. The third-order valence-corrected chi connectivity index (χ3v) is 4.96. The molecule has 5 nitrogen and oxygen atoms in total. The predicted molar refractivity (Wildman–Crippen MR) is 99.9 cm³/mol. The van der Waals surface area contributed by atoms with Gasteiger partial charge in [0.15, 0.2) is 6.29 Å². The van der Waals surface area contributed by atoms with E-state index in [-0.39, 0.29) is 5.75 Å². The van der Waals surface area contributed by atoms with Crippen molar-refractivity contribution >= 4 is 35.3 Å². The zero-order valence-electron chi connectivity index (χ0n) is 13.5. The highest BCUT2D eigenvalue weighted by Crippen LogP contribution is 2.30. The van der Waals surface area contributed by atoms with Crippen molar-refractivity contribution in [2.75, 3.05) is 5.32 Å². The first-order valence-electron chi connectivity index (χ1n) is 8.01. The first-order chi connectivity index (χ1) is 12.1. The second-order valence-corrected chi connectivity index (χ2v) is 7.00. The number of aldehydes is 1. The summed E-state index contributed by atoms with van der Waals surface area (Å²) in [6.45, 7) is 0. The van der Waals surface area contributed by atoms with Crippen LogP contribution in [0, 0.1) is 11.8 Å². The first kappa shape index (κ1) is 17.2. The number of nitrogens with zero attached hydrogens (tertiary/aromatic N) is 1. The van der Waals surface area contributed by atoms with Crippen molar-refractivity contribution in [1.82, 2.24) is 0 Å². The number of aliphatic hydroxyl groups is 1. The molecule has 1 aromatic carbocycles. The monoisotopic (exact) mass is 354 g/mol. The number of hydrogen-bond donors (Lipinski definition) is 3. The number of aliphatic imine (C=N–C) groups is 1. The molecule has 0 atom stereocenters. The highest BCUT2D eigenvalue weighted by atomic mass is 32.1. The number of aromatic hydroxyl groups is 1. The fraction of sp³-hybridized carbons (Fsp3) is 0.263. The average Bonchev–Trinajstić information content (AvgIpc) is 3.21. The summed E-state index contributed by atoms with van der Waals surface area (Å²) in [6, 6.07) is 8.32. The summed E-state index contributed by atoms with van der Waals surface area (Å²) in [7, 11) is 0. The molecule has 1 fully saturated rings. The van der Waals surface area contributed by atoms with E-state index in [1.807, 2.05) is 0 Å². The minimum atomic E-state index is -0.894. The quantitative estimate of drug-likeness (QED) is 0.257. The predicted octanol–water partition coefficient (Wildman–Crippen LogP) is 3.69. The van der Waals surface area contributed by atoms with Gasteiger partial charge in [-0.15, -0.1) is 11.3 Å². The smallest absolute Gasteiger partial charge is 0.162 e. The van der Waals surface area contributed by atoms with Crippen molar-refractivity contribution in [3.63, 3.8) is 0 Å². The van der Waals surface area contributed by atoms with Crippen LogP contribution in [0.15, 0.2) is 35.3 Å². The largest absolute Gasteiger partial charge is 0.508 e. The molecule has 0 radical (unpaired) electrons. The number of phenolic OH excluding ortho intramolecular Hbond substituents is 1. The molecule has 3 N–H and O–H groups in total. The molecule has 1 aliphatic carbocycles. The average molecular weight is 354 g/mol. The van der Waals surface area contributed by atoms with Gasteiger partial charge in [0.25, 0.3) is 0 Å². The van der Waals surface area contributed by atoms with E-state index in [1.165, 1.54) is 17.7 Å². The number of phenols is 1. The Balaban J connectivity index is 1.72. The Bertz CT molecular complexity index is 838. The van der Waals surface area contributed by atoms with Crippen LogP contribution in [0.25, 0.3) is 0 Å². The van der Waals surface area contributed by atoms with Gasteiger partial charge in [-0.3, -0.25) is 4.79 Å². The highest BCUT2D eigenvalue weighted by molar-refractivity contribution is 7.14. The van der Waals surface area contributed by atoms with Crippen LogP contribution < -0.4 is 5.32 Å². The van der Waals surface area contributed by atoms with Gasteiger partial charge in [-0.25, -0.2) is 4.99 Å². The molecule has 1 aromatic heterocycles. The van der Waals surface area contributed by atoms with Gasteiger partial charge in [0.1, 0.15) is 11.4 Å². The first-order valence-corrected chi connectivity index (χ1v) is 8.82. The normalized spacial score (nSPS) is 15.7. The Morgan fingerprint density at radius 3 is 2.64 bits per heavy atom. The van der Waals surface area contributed by atoms with Crippen molar-refractivity contribution < 1.29 is 15.0 Å². The summed E-state index contributed by atoms with van der Waals surface area (Å²) < 4.78 is 0. The Morgan fingerprint density at radius 2 is 1.96 bits per heavy atom. The Labute approximate surface area is 150 Å². The van der Waals surface area contributed by atoms with Crippen molar-refractivity contribution in [2.45, 2.75) is 31.3 Å². The lowest BCUT2D eigenvalue weighted by Gasteiger charge is -2.12. The molecule has 1 heterocycles. The Kier molecular flexibility index (Phi) is 5.17. The van der Waals surface area contributed by atoms with E-state index in [1.54, 1.807) is 30.3 Å². The molecule has 1 aliphatic rings. The van der Waals surface area contributed by atoms with E-state index >= 15 is 0 Å². The van der Waals surface area contributed by atoms with Crippen LogP contribution in [-0.2, 0) is 0 Å². The van der Waals surface area contributed by atoms with Crippen LogP contribution in [-0.4, -0.2) is 28.4 Å². The van der Waals surface area contributed by atoms with Gasteiger partial charge in [0.05, 0.1) is 21.8 Å². The zero-order chi connectivity index (χ0) is 17.7. The van der Waals surface area contributed by atoms with Crippen LogP contribution in [0.1, 0.15) is 40.2 Å². The summed E-state index contributed by atoms with van der Waals surface area (Å²) >= 11 is 1.26. The summed E-state index contributed by atoms with van der Waals surface area (Å²) in [5.41, 5.74) is 0.414. The number of benzene rings is 1. The molecule has 25 heavy (non-hydrogen) atoms. The summed E-state index contributed by atoms with van der Waals surface area (Å²) in [4.78, 5) is 16.7. The maximum atomic E-state index is 11.2. The molecular formula is C19H18N2O3S. The molecule has 0 unspecified atom stereocenters. The molecule has 0 bridgehead atoms. The molecular weight excluding hydrogens is 336 g/mol. The molecule has 0 aliphatic heterocycles. The lowest BCUT2D eigenvalue weighted by Crippen LogP contribution is -2.20. The SMILES string of the molecule is O=Cc1sc(C#CC2(O)CCCC2)cc1N=CNc1ccc(O)cc1. The third kappa shape index (κ3) is 4.47. The second-order valence-electron chi connectivity index (χ2n) is 5.92. The Hall–Kier alpha value is -2.62. The molecule has 128 valence electrons. The molecule has 0 saturated heterocycles. The van der Waals surface area contributed by atoms with Crippen LogP contribution in [0.3, 0.4) is 0 Å². The standard InChI is InChI=1S/C19H18N2O3S/c22-12-18-17(21-13-20-14-3-5-15(23)6-4-14)11-16(25-18)7-10-19(24)8-1-2-9-19/h3-6,11-13,23-24H,1-2,8-9H2,(H,20,21). The number of rotatable bonds is 4. The van der Waals surface area contributed by atoms with Crippen molar-refractivity contribution in [3.05, 3.63) is 40.1 Å². The number of thiophene rings is 1. The van der Waals surface area contributed by atoms with Gasteiger partial charge in [0.2, 0.25) is 0 Å². The minimum absolute atomic E-state index is 0.190. The van der Waals surface area contributed by atoms with Crippen molar-refractivity contribution in [1.29, 1.82) is 0 Å². The number of carbonyl (C=O) groups excluding carboxylic acids is 1. The van der Waals surface area contributed by atoms with Crippen LogP contribution in [0.4, 0.5) is 11.4 Å². The molecule has 1 saturated carbocycles. The second kappa shape index (κ2) is 7.51. The van der Waals surface area contributed by atoms with E-state index in [0.29, 0.717) is 28.3 Å². The van der Waals surface area contributed by atoms with Gasteiger partial charge >= 0.3 is 0 Å². The lowest BCUT2D eigenvalue weighted by molar-refractivity contribution is 0.110. The van der Waals surface area contributed by atoms with E-state index < -0.39 is 5.60 Å². The van der Waals surface area contributed by atoms with Gasteiger partial charge in [-0.1, -0.05) is 11.8 Å². The van der Waals surface area contributed by atoms with E-state index in [2.05, 4.69) is 22.2 Å². The molecule has 2 aromatic rings. The maximum Gasteiger partial charge on any atom is 0.162 e. The molecule has 0 amide bonds. The van der Waals surface area contributed by atoms with Crippen LogP contribution in [0.2, 0.25) is 0 Å². The molecule has 3 rings (SSSR count). The number of nitrogens with one attached hydrogen (secondary N) is 1. The topological polar surface area (TPSA) is 81.9 Å². The minimum Gasteiger partial charge on any atom is -0.508 e. The van der Waals surface area contributed by atoms with E-state index in [9.17, 15) is 15.0 Å². The van der Waals surface area contributed by atoms with Crippen molar-refractivity contribution in [3.8, 4) is 17.6 Å². The van der Waals surface area contributed by atoms with Crippen molar-refractivity contribution in [2.24, 2.45) is 4.99 Å². The van der Waals surface area contributed by atoms with Crippen LogP contribution in [0.5, 0.6) is 5.75 Å². The fourth-order valence-electron chi connectivity index (χ4n) is 2.64. The summed E-state index contributed by atoms with van der Waals surface area (Å²) in [5.74, 6) is 6.10. The van der Waals surface area contributed by atoms with Gasteiger partial charge in [-0.05, 0) is 56.0 Å². The maximum absolute atomic E-state index is 11.2. The summed E-state index contributed by atoms with van der Waals surface area (Å²) in [5, 5.41) is 22.5. The number of carbonyl (C=O) groups is 1. The lowest BCUT2D eigenvalue weighted by atomic mass is 10.0. The Morgan fingerprint density at radius 1 is 1.24 bits per heavy atom. The molecule has 0 spiro atoms. The summed E-state index contributed by atoms with van der Waals surface area (Å²) in [6.07, 6.45) is 5.64.